The van der Waals surface area contributed by atoms with Gasteiger partial charge in [-0.15, -0.1) is 0 Å². The lowest BCUT2D eigenvalue weighted by molar-refractivity contribution is -0.112. The van der Waals surface area contributed by atoms with Crippen LogP contribution in [0.25, 0.3) is 5.69 Å². The summed E-state index contributed by atoms with van der Waals surface area (Å²) in [6, 6.07) is 23.6. The largest absolute Gasteiger partial charge is 0.508 e. The van der Waals surface area contributed by atoms with E-state index in [0.717, 1.165) is 0 Å². The topological polar surface area (TPSA) is 105 Å². The molecule has 4 rings (SSSR count). The van der Waals surface area contributed by atoms with E-state index in [-0.39, 0.29) is 22.7 Å². The first-order chi connectivity index (χ1) is 16.8. The minimum Gasteiger partial charge on any atom is -0.508 e. The highest BCUT2D eigenvalue weighted by atomic mass is 16.3. The lowest BCUT2D eigenvalue weighted by Gasteiger charge is -2.11. The molecular formula is C27H24N4O4. The number of carbonyl (C=O) groups excluding carboxylic acids is 2. The highest BCUT2D eigenvalue weighted by Crippen LogP contribution is 2.19. The molecule has 0 aliphatic heterocycles. The third-order valence-corrected chi connectivity index (χ3v) is 5.52. The van der Waals surface area contributed by atoms with Gasteiger partial charge in [-0.1, -0.05) is 48.5 Å². The number of aromatic nitrogens is 2. The van der Waals surface area contributed by atoms with Crippen molar-refractivity contribution in [2.45, 2.75) is 6.92 Å². The number of benzene rings is 3. The van der Waals surface area contributed by atoms with Crippen LogP contribution in [0.15, 0.2) is 101 Å². The fraction of sp³-hybridized carbons (Fsp3) is 0.0741. The van der Waals surface area contributed by atoms with E-state index >= 15 is 0 Å². The molecule has 1 amide bonds. The molecule has 3 aromatic carbocycles. The molecule has 0 unspecified atom stereocenters. The number of nitrogens with one attached hydrogen (secondary N) is 2. The van der Waals surface area contributed by atoms with Gasteiger partial charge in [0.2, 0.25) is 0 Å². The van der Waals surface area contributed by atoms with Gasteiger partial charge in [0.05, 0.1) is 11.4 Å². The average molecular weight is 469 g/mol. The Morgan fingerprint density at radius 1 is 0.857 bits per heavy atom. The van der Waals surface area contributed by atoms with Crippen molar-refractivity contribution in [3.63, 3.8) is 0 Å². The second-order valence-corrected chi connectivity index (χ2v) is 7.85. The number of phenolic OH excluding ortho intramolecular Hbond substituents is 1. The summed E-state index contributed by atoms with van der Waals surface area (Å²) in [5, 5.41) is 15.1. The van der Waals surface area contributed by atoms with Crippen LogP contribution >= 0.6 is 0 Å². The summed E-state index contributed by atoms with van der Waals surface area (Å²) >= 11 is 0. The number of rotatable bonds is 7. The summed E-state index contributed by atoms with van der Waals surface area (Å²) in [6.07, 6.45) is 1.17. The van der Waals surface area contributed by atoms with Gasteiger partial charge in [0.1, 0.15) is 17.1 Å². The Kier molecular flexibility index (Phi) is 6.64. The SMILES string of the molecule is Cc1c(N/C(=C/C(=O)c2ccccc2)C(=O)Nc2ccc(O)cc2)c(=O)n(-c2ccccc2)n1C. The number of para-hydroxylation sites is 1. The number of aromatic hydroxyl groups is 1. The van der Waals surface area contributed by atoms with Crippen LogP contribution in [0.3, 0.4) is 0 Å². The van der Waals surface area contributed by atoms with Crippen LogP contribution in [0.2, 0.25) is 0 Å². The highest BCUT2D eigenvalue weighted by Gasteiger charge is 2.21. The number of nitrogens with zero attached hydrogens (tertiary/aromatic N) is 2. The molecule has 176 valence electrons. The van der Waals surface area contributed by atoms with E-state index < -0.39 is 11.7 Å². The molecule has 0 saturated heterocycles. The number of amides is 1. The molecule has 8 heteroatoms. The van der Waals surface area contributed by atoms with Crippen molar-refractivity contribution in [1.82, 2.24) is 9.36 Å². The van der Waals surface area contributed by atoms with Crippen LogP contribution < -0.4 is 16.2 Å². The molecular weight excluding hydrogens is 444 g/mol. The maximum Gasteiger partial charge on any atom is 0.295 e. The first-order valence-corrected chi connectivity index (χ1v) is 10.9. The lowest BCUT2D eigenvalue weighted by Crippen LogP contribution is -2.25. The summed E-state index contributed by atoms with van der Waals surface area (Å²) in [6.45, 7) is 1.75. The number of allylic oxidation sites excluding steroid dienone is 1. The van der Waals surface area contributed by atoms with Crippen molar-refractivity contribution >= 4 is 23.1 Å². The summed E-state index contributed by atoms with van der Waals surface area (Å²) in [7, 11) is 1.74. The number of anilines is 2. The van der Waals surface area contributed by atoms with Crippen molar-refractivity contribution in [3.8, 4) is 11.4 Å². The fourth-order valence-corrected chi connectivity index (χ4v) is 3.57. The van der Waals surface area contributed by atoms with Crippen LogP contribution in [0, 0.1) is 6.92 Å². The van der Waals surface area contributed by atoms with Crippen molar-refractivity contribution in [1.29, 1.82) is 0 Å². The van der Waals surface area contributed by atoms with Crippen molar-refractivity contribution in [2.75, 3.05) is 10.6 Å². The maximum absolute atomic E-state index is 13.3. The quantitative estimate of drug-likeness (QED) is 0.216. The molecule has 4 aromatic rings. The first kappa shape index (κ1) is 23.3. The molecule has 0 aliphatic rings. The molecule has 1 aromatic heterocycles. The van der Waals surface area contributed by atoms with E-state index in [9.17, 15) is 19.5 Å². The molecule has 0 atom stereocenters. The van der Waals surface area contributed by atoms with E-state index in [2.05, 4.69) is 10.6 Å². The number of phenols is 1. The second kappa shape index (κ2) is 9.96. The molecule has 0 spiro atoms. The van der Waals surface area contributed by atoms with Crippen LogP contribution in [0.4, 0.5) is 11.4 Å². The van der Waals surface area contributed by atoms with Gasteiger partial charge in [-0.2, -0.15) is 0 Å². The molecule has 35 heavy (non-hydrogen) atoms. The molecule has 0 fully saturated rings. The summed E-state index contributed by atoms with van der Waals surface area (Å²) in [4.78, 5) is 39.4. The van der Waals surface area contributed by atoms with Gasteiger partial charge < -0.3 is 15.7 Å². The maximum atomic E-state index is 13.3. The minimum absolute atomic E-state index is 0.0533. The van der Waals surface area contributed by atoms with E-state index in [0.29, 0.717) is 22.6 Å². The van der Waals surface area contributed by atoms with Gasteiger partial charge in [-0.25, -0.2) is 4.68 Å². The van der Waals surface area contributed by atoms with Gasteiger partial charge in [0, 0.05) is 24.4 Å². The molecule has 0 bridgehead atoms. The van der Waals surface area contributed by atoms with Gasteiger partial charge in [-0.3, -0.25) is 19.1 Å². The normalized spacial score (nSPS) is 11.2. The Hall–Kier alpha value is -4.85. The third kappa shape index (κ3) is 5.06. The summed E-state index contributed by atoms with van der Waals surface area (Å²) in [5.41, 5.74) is 1.76. The fourth-order valence-electron chi connectivity index (χ4n) is 3.57. The summed E-state index contributed by atoms with van der Waals surface area (Å²) < 4.78 is 3.15. The minimum atomic E-state index is -0.617. The van der Waals surface area contributed by atoms with Crippen molar-refractivity contribution in [3.05, 3.63) is 118 Å². The lowest BCUT2D eigenvalue weighted by atomic mass is 10.1. The number of hydrogen-bond acceptors (Lipinski definition) is 5. The third-order valence-electron chi connectivity index (χ3n) is 5.52. The van der Waals surface area contributed by atoms with E-state index in [1.54, 1.807) is 61.1 Å². The standard InChI is InChI=1S/C27H24N4O4/c1-18-25(27(35)31(30(18)2)21-11-7-4-8-12-21)29-23(17-24(33)19-9-5-3-6-10-19)26(34)28-20-13-15-22(32)16-14-20/h3-17,29,32H,1-2H3,(H,28,34)/b23-17+. The molecule has 3 N–H and O–H groups in total. The van der Waals surface area contributed by atoms with E-state index in [1.165, 1.54) is 35.0 Å². The zero-order valence-electron chi connectivity index (χ0n) is 19.2. The van der Waals surface area contributed by atoms with Crippen LogP contribution in [-0.2, 0) is 11.8 Å². The predicted octanol–water partition coefficient (Wildman–Crippen LogP) is 4.01. The smallest absolute Gasteiger partial charge is 0.295 e. The first-order valence-electron chi connectivity index (χ1n) is 10.9. The monoisotopic (exact) mass is 468 g/mol. The van der Waals surface area contributed by atoms with Gasteiger partial charge in [0.15, 0.2) is 5.78 Å². The van der Waals surface area contributed by atoms with Crippen LogP contribution in [0.1, 0.15) is 16.1 Å². The zero-order chi connectivity index (χ0) is 24.9. The number of ketones is 1. The van der Waals surface area contributed by atoms with Gasteiger partial charge >= 0.3 is 0 Å². The Bertz CT molecular complexity index is 1450. The molecule has 0 radical (unpaired) electrons. The predicted molar refractivity (Wildman–Crippen MR) is 135 cm³/mol. The van der Waals surface area contributed by atoms with Gasteiger partial charge in [0.25, 0.3) is 11.5 Å². The summed E-state index contributed by atoms with van der Waals surface area (Å²) in [5.74, 6) is -0.961. The average Bonchev–Trinajstić information content (AvgIpc) is 3.08. The number of carbonyl (C=O) groups is 2. The Morgan fingerprint density at radius 2 is 1.46 bits per heavy atom. The van der Waals surface area contributed by atoms with E-state index in [1.807, 2.05) is 18.2 Å². The second-order valence-electron chi connectivity index (χ2n) is 7.85. The van der Waals surface area contributed by atoms with Crippen molar-refractivity contribution in [2.24, 2.45) is 7.05 Å². The van der Waals surface area contributed by atoms with Crippen LogP contribution in [-0.4, -0.2) is 26.2 Å². The van der Waals surface area contributed by atoms with E-state index in [4.69, 9.17) is 0 Å². The van der Waals surface area contributed by atoms with Crippen molar-refractivity contribution < 1.29 is 14.7 Å². The Balaban J connectivity index is 1.74. The molecule has 8 nitrogen and oxygen atoms in total. The number of hydrogen-bond donors (Lipinski definition) is 3. The molecule has 0 saturated carbocycles. The Labute approximate surface area is 201 Å². The molecule has 1 heterocycles. The van der Waals surface area contributed by atoms with Gasteiger partial charge in [-0.05, 0) is 43.3 Å². The van der Waals surface area contributed by atoms with Crippen LogP contribution in [0.5, 0.6) is 5.75 Å². The highest BCUT2D eigenvalue weighted by molar-refractivity contribution is 6.13. The Morgan fingerprint density at radius 3 is 2.09 bits per heavy atom. The molecule has 0 aliphatic carbocycles. The zero-order valence-corrected chi connectivity index (χ0v) is 19.2.